The van der Waals surface area contributed by atoms with Crippen LogP contribution in [0.3, 0.4) is 0 Å². The van der Waals surface area contributed by atoms with Gasteiger partial charge in [-0.3, -0.25) is 4.90 Å². The van der Waals surface area contributed by atoms with E-state index in [1.807, 2.05) is 23.6 Å². The van der Waals surface area contributed by atoms with Gasteiger partial charge in [-0.15, -0.1) is 0 Å². The highest BCUT2D eigenvalue weighted by Crippen LogP contribution is 2.31. The van der Waals surface area contributed by atoms with E-state index < -0.39 is 0 Å². The van der Waals surface area contributed by atoms with E-state index in [9.17, 15) is 14.0 Å². The van der Waals surface area contributed by atoms with Gasteiger partial charge in [-0.2, -0.15) is 0 Å². The molecule has 1 aromatic carbocycles. The third kappa shape index (κ3) is 6.87. The molecule has 3 unspecified atom stereocenters. The molecule has 0 spiro atoms. The third-order valence-corrected chi connectivity index (χ3v) is 7.51. The van der Waals surface area contributed by atoms with Crippen molar-refractivity contribution in [2.24, 2.45) is 0 Å². The first kappa shape index (κ1) is 27.2. The van der Waals surface area contributed by atoms with E-state index in [4.69, 9.17) is 4.74 Å². The lowest BCUT2D eigenvalue weighted by Gasteiger charge is -2.42. The number of carbonyl (C=O) groups excluding carboxylic acids is 2. The van der Waals surface area contributed by atoms with Gasteiger partial charge in [0.1, 0.15) is 5.82 Å². The van der Waals surface area contributed by atoms with E-state index in [2.05, 4.69) is 24.1 Å². The number of piperidine rings is 1. The van der Waals surface area contributed by atoms with Gasteiger partial charge in [-0.05, 0) is 83.1 Å². The molecule has 1 N–H and O–H groups in total. The summed E-state index contributed by atoms with van der Waals surface area (Å²) in [5.41, 5.74) is 0.732. The molecule has 2 aliphatic rings. The van der Waals surface area contributed by atoms with Crippen LogP contribution in [0.25, 0.3) is 0 Å². The van der Waals surface area contributed by atoms with Crippen molar-refractivity contribution in [2.45, 2.75) is 96.8 Å². The summed E-state index contributed by atoms with van der Waals surface area (Å²) >= 11 is 0. The number of urea groups is 1. The molecule has 0 saturated carbocycles. The van der Waals surface area contributed by atoms with Crippen LogP contribution in [-0.4, -0.2) is 72.3 Å². The van der Waals surface area contributed by atoms with Gasteiger partial charge in [0.2, 0.25) is 0 Å². The minimum Gasteiger partial charge on any atom is -0.450 e. The second kappa shape index (κ2) is 13.1. The van der Waals surface area contributed by atoms with Crippen LogP contribution >= 0.6 is 0 Å². The number of halogens is 1. The summed E-state index contributed by atoms with van der Waals surface area (Å²) in [6.45, 7) is 11.0. The fourth-order valence-corrected chi connectivity index (χ4v) is 5.64. The lowest BCUT2D eigenvalue weighted by Crippen LogP contribution is -2.53. The zero-order valence-electron chi connectivity index (χ0n) is 21.8. The summed E-state index contributed by atoms with van der Waals surface area (Å²) in [6.07, 6.45) is 6.39. The summed E-state index contributed by atoms with van der Waals surface area (Å²) in [5, 5.41) is 3.00. The number of likely N-dealkylation sites (tertiary alicyclic amines) is 2. The first-order valence-electron chi connectivity index (χ1n) is 13.4. The lowest BCUT2D eigenvalue weighted by molar-refractivity contribution is 0.0741. The Morgan fingerprint density at radius 3 is 2.40 bits per heavy atom. The van der Waals surface area contributed by atoms with Crippen molar-refractivity contribution in [1.29, 1.82) is 0 Å². The van der Waals surface area contributed by atoms with Crippen molar-refractivity contribution in [3.8, 4) is 0 Å². The van der Waals surface area contributed by atoms with Crippen molar-refractivity contribution in [3.63, 3.8) is 0 Å². The van der Waals surface area contributed by atoms with E-state index in [1.54, 1.807) is 12.1 Å². The predicted molar refractivity (Wildman–Crippen MR) is 137 cm³/mol. The van der Waals surface area contributed by atoms with Crippen LogP contribution in [0.4, 0.5) is 19.7 Å². The Bertz CT molecular complexity index is 813. The summed E-state index contributed by atoms with van der Waals surface area (Å²) in [5.74, 6) is -0.304. The zero-order chi connectivity index (χ0) is 25.4. The number of carbonyl (C=O) groups is 2. The van der Waals surface area contributed by atoms with E-state index in [-0.39, 0.29) is 36.1 Å². The van der Waals surface area contributed by atoms with Gasteiger partial charge in [0.15, 0.2) is 0 Å². The number of benzene rings is 1. The lowest BCUT2D eigenvalue weighted by atomic mass is 9.96. The van der Waals surface area contributed by atoms with Crippen LogP contribution in [0.15, 0.2) is 24.3 Å². The van der Waals surface area contributed by atoms with Crippen molar-refractivity contribution < 1.29 is 18.7 Å². The molecule has 2 saturated heterocycles. The molecule has 1 aromatic rings. The van der Waals surface area contributed by atoms with Crippen LogP contribution in [0.1, 0.15) is 72.6 Å². The average molecular weight is 491 g/mol. The number of nitrogens with zero attached hydrogens (tertiary/aromatic N) is 3. The van der Waals surface area contributed by atoms with Crippen LogP contribution in [0.2, 0.25) is 0 Å². The Balaban J connectivity index is 1.65. The molecule has 8 heteroatoms. The highest BCUT2D eigenvalue weighted by molar-refractivity contribution is 5.92. The minimum absolute atomic E-state index is 0.0635. The Morgan fingerprint density at radius 2 is 1.80 bits per heavy atom. The molecule has 0 radical (unpaired) electrons. The maximum Gasteiger partial charge on any atom is 0.410 e. The quantitative estimate of drug-likeness (QED) is 0.504. The molecule has 0 bridgehead atoms. The number of hydrogen-bond acceptors (Lipinski definition) is 4. The number of ether oxygens (including phenoxy) is 1. The average Bonchev–Trinajstić information content (AvgIpc) is 3.23. The molecule has 35 heavy (non-hydrogen) atoms. The number of anilines is 1. The van der Waals surface area contributed by atoms with Crippen molar-refractivity contribution in [2.75, 3.05) is 31.1 Å². The van der Waals surface area contributed by atoms with Gasteiger partial charge in [0.25, 0.3) is 0 Å². The SMILES string of the molecule is CCCNC(=O)N(c1ccc(F)cc1)C1CCN(C(CC)CC2CCC(C)N2C(=O)OCC)CC1. The van der Waals surface area contributed by atoms with Crippen LogP contribution < -0.4 is 10.2 Å². The molecule has 3 amide bonds. The summed E-state index contributed by atoms with van der Waals surface area (Å²) in [6, 6.07) is 6.96. The highest BCUT2D eigenvalue weighted by Gasteiger charge is 2.38. The molecule has 0 aliphatic carbocycles. The predicted octanol–water partition coefficient (Wildman–Crippen LogP) is 5.39. The van der Waals surface area contributed by atoms with E-state index in [0.717, 1.165) is 63.7 Å². The zero-order valence-corrected chi connectivity index (χ0v) is 21.8. The van der Waals surface area contributed by atoms with Crippen molar-refractivity contribution in [3.05, 3.63) is 30.1 Å². The van der Waals surface area contributed by atoms with Crippen LogP contribution in [-0.2, 0) is 4.74 Å². The fraction of sp³-hybridized carbons (Fsp3) is 0.704. The number of amides is 3. The monoisotopic (exact) mass is 490 g/mol. The Labute approximate surface area is 210 Å². The largest absolute Gasteiger partial charge is 0.450 e. The molecule has 2 heterocycles. The summed E-state index contributed by atoms with van der Waals surface area (Å²) in [7, 11) is 0. The summed E-state index contributed by atoms with van der Waals surface area (Å²) in [4.78, 5) is 31.9. The fourth-order valence-electron chi connectivity index (χ4n) is 5.64. The summed E-state index contributed by atoms with van der Waals surface area (Å²) < 4.78 is 18.9. The van der Waals surface area contributed by atoms with E-state index >= 15 is 0 Å². The van der Waals surface area contributed by atoms with Crippen LogP contribution in [0.5, 0.6) is 0 Å². The van der Waals surface area contributed by atoms with Crippen molar-refractivity contribution >= 4 is 17.8 Å². The Kier molecular flexibility index (Phi) is 10.2. The van der Waals surface area contributed by atoms with Crippen molar-refractivity contribution in [1.82, 2.24) is 15.1 Å². The molecule has 7 nitrogen and oxygen atoms in total. The molecular weight excluding hydrogens is 447 g/mol. The number of hydrogen-bond donors (Lipinski definition) is 1. The molecule has 2 fully saturated rings. The Hall–Kier alpha value is -2.35. The first-order chi connectivity index (χ1) is 16.9. The Morgan fingerprint density at radius 1 is 1.11 bits per heavy atom. The van der Waals surface area contributed by atoms with Gasteiger partial charge in [-0.25, -0.2) is 14.0 Å². The number of nitrogens with one attached hydrogen (secondary N) is 1. The first-order valence-corrected chi connectivity index (χ1v) is 13.4. The number of rotatable bonds is 9. The second-order valence-corrected chi connectivity index (χ2v) is 9.83. The standard InChI is InChI=1S/C27H43FN4O3/c1-5-16-29-26(33)32(23-12-9-21(28)10-13-23)24-14-17-30(18-15-24)22(6-2)19-25-11-8-20(4)31(25)27(34)35-7-3/h9-10,12-13,20,22,24-25H,5-8,11,14-19H2,1-4H3,(H,29,33). The molecule has 3 atom stereocenters. The third-order valence-electron chi connectivity index (χ3n) is 7.51. The topological polar surface area (TPSA) is 65.1 Å². The van der Waals surface area contributed by atoms with E-state index in [1.165, 1.54) is 12.1 Å². The van der Waals surface area contributed by atoms with Crippen LogP contribution in [0, 0.1) is 5.82 Å². The van der Waals surface area contributed by atoms with Gasteiger partial charge in [0.05, 0.1) is 6.61 Å². The minimum atomic E-state index is -0.304. The molecule has 0 aromatic heterocycles. The van der Waals surface area contributed by atoms with Gasteiger partial charge in [-0.1, -0.05) is 13.8 Å². The van der Waals surface area contributed by atoms with E-state index in [0.29, 0.717) is 19.2 Å². The smallest absolute Gasteiger partial charge is 0.410 e. The van der Waals surface area contributed by atoms with Gasteiger partial charge < -0.3 is 19.9 Å². The normalized spacial score (nSPS) is 22.1. The van der Waals surface area contributed by atoms with Gasteiger partial charge in [0, 0.05) is 49.5 Å². The maximum atomic E-state index is 13.5. The molecule has 3 rings (SSSR count). The van der Waals surface area contributed by atoms with Gasteiger partial charge >= 0.3 is 12.1 Å². The highest BCUT2D eigenvalue weighted by atomic mass is 19.1. The second-order valence-electron chi connectivity index (χ2n) is 9.83. The molecule has 2 aliphatic heterocycles. The molecule has 196 valence electrons. The molecular formula is C27H43FN4O3. The maximum absolute atomic E-state index is 13.5.